The van der Waals surface area contributed by atoms with E-state index in [4.69, 9.17) is 23.2 Å². The molecule has 0 aliphatic heterocycles. The zero-order valence-corrected chi connectivity index (χ0v) is 10.5. The van der Waals surface area contributed by atoms with Gasteiger partial charge in [-0.05, 0) is 25.2 Å². The number of benzene rings is 1. The summed E-state index contributed by atoms with van der Waals surface area (Å²) in [4.78, 5) is 1.04. The number of hydrogen-bond acceptors (Lipinski definition) is 2. The predicted molar refractivity (Wildman–Crippen MR) is 65.7 cm³/mol. The topological polar surface area (TPSA) is 12.0 Å². The molecule has 4 heteroatoms. The summed E-state index contributed by atoms with van der Waals surface area (Å²) in [6.45, 7) is 3.10. The van der Waals surface area contributed by atoms with Gasteiger partial charge in [-0.15, -0.1) is 11.8 Å². The zero-order chi connectivity index (χ0) is 10.6. The van der Waals surface area contributed by atoms with Gasteiger partial charge in [0.2, 0.25) is 0 Å². The second-order valence-electron chi connectivity index (χ2n) is 3.06. The van der Waals surface area contributed by atoms with Crippen LogP contribution in [-0.4, -0.2) is 18.8 Å². The van der Waals surface area contributed by atoms with E-state index in [0.29, 0.717) is 5.25 Å². The van der Waals surface area contributed by atoms with Gasteiger partial charge in [-0.25, -0.2) is 0 Å². The summed E-state index contributed by atoms with van der Waals surface area (Å²) in [5.74, 6) is 0. The van der Waals surface area contributed by atoms with Crippen molar-refractivity contribution < 1.29 is 0 Å². The Kier molecular flexibility index (Phi) is 5.10. The third-order valence-corrected chi connectivity index (χ3v) is 3.55. The third-order valence-electron chi connectivity index (χ3n) is 1.71. The van der Waals surface area contributed by atoms with Crippen molar-refractivity contribution in [3.05, 3.63) is 28.2 Å². The van der Waals surface area contributed by atoms with Crippen LogP contribution in [0.2, 0.25) is 10.0 Å². The Labute approximate surface area is 99.2 Å². The lowest BCUT2D eigenvalue weighted by Gasteiger charge is -2.11. The maximum atomic E-state index is 6.04. The highest BCUT2D eigenvalue weighted by molar-refractivity contribution is 8.00. The quantitative estimate of drug-likeness (QED) is 0.818. The monoisotopic (exact) mass is 249 g/mol. The van der Waals surface area contributed by atoms with Crippen LogP contribution in [0.3, 0.4) is 0 Å². The lowest BCUT2D eigenvalue weighted by molar-refractivity contribution is 0.785. The molecule has 0 saturated carbocycles. The molecular weight excluding hydrogens is 237 g/mol. The highest BCUT2D eigenvalue weighted by Crippen LogP contribution is 2.32. The van der Waals surface area contributed by atoms with Gasteiger partial charge in [0.15, 0.2) is 0 Å². The first-order chi connectivity index (χ1) is 6.63. The van der Waals surface area contributed by atoms with Gasteiger partial charge in [0.25, 0.3) is 0 Å². The first-order valence-electron chi connectivity index (χ1n) is 4.39. The third kappa shape index (κ3) is 3.70. The molecule has 1 atom stereocenters. The van der Waals surface area contributed by atoms with E-state index in [0.717, 1.165) is 21.5 Å². The number of rotatable bonds is 4. The van der Waals surface area contributed by atoms with Crippen LogP contribution in [0.4, 0.5) is 0 Å². The van der Waals surface area contributed by atoms with Crippen LogP contribution in [-0.2, 0) is 0 Å². The molecule has 0 radical (unpaired) electrons. The summed E-state index contributed by atoms with van der Waals surface area (Å²) >= 11 is 13.7. The van der Waals surface area contributed by atoms with E-state index in [-0.39, 0.29) is 0 Å². The molecule has 1 aromatic carbocycles. The Morgan fingerprint density at radius 1 is 1.43 bits per heavy atom. The van der Waals surface area contributed by atoms with Crippen molar-refractivity contribution in [2.75, 3.05) is 13.6 Å². The van der Waals surface area contributed by atoms with Crippen LogP contribution < -0.4 is 5.32 Å². The lowest BCUT2D eigenvalue weighted by Crippen LogP contribution is -2.17. The molecule has 0 fully saturated rings. The molecule has 1 unspecified atom stereocenters. The SMILES string of the molecule is CNCC(C)Sc1cc(Cl)ccc1Cl. The minimum atomic E-state index is 0.482. The van der Waals surface area contributed by atoms with Crippen LogP contribution in [0.1, 0.15) is 6.92 Å². The first-order valence-corrected chi connectivity index (χ1v) is 6.03. The molecule has 0 heterocycles. The van der Waals surface area contributed by atoms with E-state index >= 15 is 0 Å². The Bertz CT molecular complexity index is 304. The molecule has 0 aromatic heterocycles. The van der Waals surface area contributed by atoms with Gasteiger partial charge in [-0.1, -0.05) is 30.1 Å². The Morgan fingerprint density at radius 2 is 2.14 bits per heavy atom. The fourth-order valence-corrected chi connectivity index (χ4v) is 2.66. The van der Waals surface area contributed by atoms with Crippen molar-refractivity contribution in [1.82, 2.24) is 5.32 Å². The van der Waals surface area contributed by atoms with Crippen molar-refractivity contribution >= 4 is 35.0 Å². The largest absolute Gasteiger partial charge is 0.319 e. The number of halogens is 2. The number of nitrogens with one attached hydrogen (secondary N) is 1. The number of hydrogen-bond donors (Lipinski definition) is 1. The molecule has 78 valence electrons. The Hall–Kier alpha value is 0.110. The summed E-state index contributed by atoms with van der Waals surface area (Å²) < 4.78 is 0. The average Bonchev–Trinajstić information content (AvgIpc) is 2.12. The normalized spacial score (nSPS) is 12.9. The molecule has 0 amide bonds. The molecule has 0 saturated heterocycles. The van der Waals surface area contributed by atoms with Gasteiger partial charge in [-0.3, -0.25) is 0 Å². The van der Waals surface area contributed by atoms with Gasteiger partial charge in [-0.2, -0.15) is 0 Å². The molecular formula is C10H13Cl2NS. The molecule has 0 spiro atoms. The van der Waals surface area contributed by atoms with Crippen LogP contribution in [0.15, 0.2) is 23.1 Å². The summed E-state index contributed by atoms with van der Waals surface area (Å²) in [6, 6.07) is 5.54. The lowest BCUT2D eigenvalue weighted by atomic mass is 10.4. The molecule has 1 rings (SSSR count). The second-order valence-corrected chi connectivity index (χ2v) is 5.38. The smallest absolute Gasteiger partial charge is 0.0543 e. The van der Waals surface area contributed by atoms with Gasteiger partial charge >= 0.3 is 0 Å². The molecule has 1 aromatic rings. The maximum absolute atomic E-state index is 6.04. The molecule has 0 aliphatic carbocycles. The van der Waals surface area contributed by atoms with E-state index in [9.17, 15) is 0 Å². The van der Waals surface area contributed by atoms with Crippen molar-refractivity contribution in [2.45, 2.75) is 17.1 Å². The van der Waals surface area contributed by atoms with Gasteiger partial charge in [0, 0.05) is 21.7 Å². The molecule has 0 aliphatic rings. The van der Waals surface area contributed by atoms with E-state index in [1.54, 1.807) is 17.8 Å². The highest BCUT2D eigenvalue weighted by atomic mass is 35.5. The van der Waals surface area contributed by atoms with Crippen molar-refractivity contribution in [3.63, 3.8) is 0 Å². The summed E-state index contributed by atoms with van der Waals surface area (Å²) in [6.07, 6.45) is 0. The average molecular weight is 250 g/mol. The first kappa shape index (κ1) is 12.2. The van der Waals surface area contributed by atoms with Crippen molar-refractivity contribution in [1.29, 1.82) is 0 Å². The predicted octanol–water partition coefficient (Wildman–Crippen LogP) is 3.69. The van der Waals surface area contributed by atoms with Crippen LogP contribution in [0, 0.1) is 0 Å². The summed E-state index contributed by atoms with van der Waals surface area (Å²) in [5, 5.41) is 5.10. The Balaban J connectivity index is 2.70. The zero-order valence-electron chi connectivity index (χ0n) is 8.18. The maximum Gasteiger partial charge on any atom is 0.0543 e. The minimum absolute atomic E-state index is 0.482. The molecule has 0 bridgehead atoms. The minimum Gasteiger partial charge on any atom is -0.319 e. The van der Waals surface area contributed by atoms with Crippen LogP contribution >= 0.6 is 35.0 Å². The standard InChI is InChI=1S/C10H13Cl2NS/c1-7(6-13-2)14-10-5-8(11)3-4-9(10)12/h3-5,7,13H,6H2,1-2H3. The fourth-order valence-electron chi connectivity index (χ4n) is 1.11. The second kappa shape index (κ2) is 5.86. The van der Waals surface area contributed by atoms with E-state index in [1.165, 1.54) is 0 Å². The van der Waals surface area contributed by atoms with E-state index < -0.39 is 0 Å². The summed E-state index contributed by atoms with van der Waals surface area (Å²) in [7, 11) is 1.94. The highest BCUT2D eigenvalue weighted by Gasteiger charge is 2.07. The van der Waals surface area contributed by atoms with Crippen LogP contribution in [0.5, 0.6) is 0 Å². The van der Waals surface area contributed by atoms with Gasteiger partial charge in [0.05, 0.1) is 5.02 Å². The van der Waals surface area contributed by atoms with E-state index in [1.807, 2.05) is 19.2 Å². The fraction of sp³-hybridized carbons (Fsp3) is 0.400. The van der Waals surface area contributed by atoms with Crippen LogP contribution in [0.25, 0.3) is 0 Å². The Morgan fingerprint density at radius 3 is 2.79 bits per heavy atom. The van der Waals surface area contributed by atoms with Crippen molar-refractivity contribution in [2.24, 2.45) is 0 Å². The van der Waals surface area contributed by atoms with E-state index in [2.05, 4.69) is 12.2 Å². The summed E-state index contributed by atoms with van der Waals surface area (Å²) in [5.41, 5.74) is 0. The van der Waals surface area contributed by atoms with Gasteiger partial charge < -0.3 is 5.32 Å². The molecule has 1 nitrogen and oxygen atoms in total. The molecule has 14 heavy (non-hydrogen) atoms. The molecule has 1 N–H and O–H groups in total. The van der Waals surface area contributed by atoms with Gasteiger partial charge in [0.1, 0.15) is 0 Å². The number of thioether (sulfide) groups is 1. The van der Waals surface area contributed by atoms with Crippen molar-refractivity contribution in [3.8, 4) is 0 Å².